The first kappa shape index (κ1) is 14.2. The van der Waals surface area contributed by atoms with Gasteiger partial charge in [-0.25, -0.2) is 13.2 Å². The number of carbonyl (C=O) groups is 1. The standard InChI is InChI=1S/C13H13ClF3NO/c14-4-3-13(1-2-13)7-18-12(19)8-5-9(15)11(17)10(16)6-8/h5-6H,1-4,7H2,(H,18,19). The van der Waals surface area contributed by atoms with Crippen molar-refractivity contribution in [2.45, 2.75) is 19.3 Å². The Balaban J connectivity index is 2.01. The molecule has 0 atom stereocenters. The summed E-state index contributed by atoms with van der Waals surface area (Å²) in [6.07, 6.45) is 2.75. The number of hydrogen-bond acceptors (Lipinski definition) is 1. The summed E-state index contributed by atoms with van der Waals surface area (Å²) >= 11 is 5.66. The summed E-state index contributed by atoms with van der Waals surface area (Å²) in [5, 5.41) is 2.61. The van der Waals surface area contributed by atoms with Crippen molar-refractivity contribution in [2.24, 2.45) is 5.41 Å². The molecule has 6 heteroatoms. The summed E-state index contributed by atoms with van der Waals surface area (Å²) in [6.45, 7) is 0.416. The van der Waals surface area contributed by atoms with Gasteiger partial charge in [0.1, 0.15) is 0 Å². The van der Waals surface area contributed by atoms with Gasteiger partial charge in [0.15, 0.2) is 17.5 Å². The zero-order valence-electron chi connectivity index (χ0n) is 10.1. The Morgan fingerprint density at radius 1 is 1.26 bits per heavy atom. The highest BCUT2D eigenvalue weighted by Gasteiger charge is 2.41. The van der Waals surface area contributed by atoms with Gasteiger partial charge in [0.2, 0.25) is 0 Å². The largest absolute Gasteiger partial charge is 0.351 e. The Labute approximate surface area is 113 Å². The van der Waals surface area contributed by atoms with E-state index >= 15 is 0 Å². The highest BCUT2D eigenvalue weighted by atomic mass is 35.5. The Morgan fingerprint density at radius 2 is 1.84 bits per heavy atom. The second-order valence-corrected chi connectivity index (χ2v) is 5.25. The van der Waals surface area contributed by atoms with Gasteiger partial charge in [0.25, 0.3) is 5.91 Å². The Morgan fingerprint density at radius 3 is 2.32 bits per heavy atom. The van der Waals surface area contributed by atoms with Crippen LogP contribution >= 0.6 is 11.6 Å². The van der Waals surface area contributed by atoms with E-state index in [1.165, 1.54) is 0 Å². The molecule has 1 amide bonds. The first-order chi connectivity index (χ1) is 8.97. The minimum absolute atomic E-state index is 0.0224. The Hall–Kier alpha value is -1.23. The molecule has 0 unspecified atom stereocenters. The van der Waals surface area contributed by atoms with Gasteiger partial charge in [-0.05, 0) is 36.8 Å². The molecule has 1 aliphatic carbocycles. The SMILES string of the molecule is O=C(NCC1(CCCl)CC1)c1cc(F)c(F)c(F)c1. The van der Waals surface area contributed by atoms with E-state index in [0.29, 0.717) is 24.6 Å². The van der Waals surface area contributed by atoms with Crippen LogP contribution in [0.5, 0.6) is 0 Å². The number of amides is 1. The lowest BCUT2D eigenvalue weighted by atomic mass is 10.0. The number of rotatable bonds is 5. The highest BCUT2D eigenvalue weighted by molar-refractivity contribution is 6.17. The predicted molar refractivity (Wildman–Crippen MR) is 65.7 cm³/mol. The summed E-state index contributed by atoms with van der Waals surface area (Å²) in [7, 11) is 0. The van der Waals surface area contributed by atoms with Crippen LogP contribution in [0.2, 0.25) is 0 Å². The molecule has 1 aromatic rings. The topological polar surface area (TPSA) is 29.1 Å². The van der Waals surface area contributed by atoms with E-state index in [-0.39, 0.29) is 11.0 Å². The first-order valence-corrected chi connectivity index (χ1v) is 6.50. The maximum atomic E-state index is 13.0. The van der Waals surface area contributed by atoms with Crippen molar-refractivity contribution in [1.82, 2.24) is 5.32 Å². The fraction of sp³-hybridized carbons (Fsp3) is 0.462. The molecule has 1 aliphatic rings. The van der Waals surface area contributed by atoms with Gasteiger partial charge in [-0.3, -0.25) is 4.79 Å². The molecule has 0 saturated heterocycles. The van der Waals surface area contributed by atoms with Gasteiger partial charge in [-0.2, -0.15) is 0 Å². The van der Waals surface area contributed by atoms with E-state index in [1.807, 2.05) is 0 Å². The fourth-order valence-corrected chi connectivity index (χ4v) is 2.35. The quantitative estimate of drug-likeness (QED) is 0.655. The van der Waals surface area contributed by atoms with Crippen molar-refractivity contribution >= 4 is 17.5 Å². The van der Waals surface area contributed by atoms with Gasteiger partial charge in [0, 0.05) is 18.0 Å². The lowest BCUT2D eigenvalue weighted by molar-refractivity contribution is 0.0943. The summed E-state index contributed by atoms with van der Waals surface area (Å²) in [6, 6.07) is 1.38. The lowest BCUT2D eigenvalue weighted by Gasteiger charge is -2.14. The van der Waals surface area contributed by atoms with E-state index in [2.05, 4.69) is 5.32 Å². The summed E-state index contributed by atoms with van der Waals surface area (Å²) < 4.78 is 38.8. The minimum atomic E-state index is -1.57. The van der Waals surface area contributed by atoms with Crippen LogP contribution in [-0.2, 0) is 0 Å². The average Bonchev–Trinajstić information content (AvgIpc) is 3.13. The van der Waals surface area contributed by atoms with Crippen LogP contribution in [0.3, 0.4) is 0 Å². The molecule has 104 valence electrons. The molecule has 1 aromatic carbocycles. The first-order valence-electron chi connectivity index (χ1n) is 5.96. The number of carbonyl (C=O) groups excluding carboxylic acids is 1. The van der Waals surface area contributed by atoms with Crippen molar-refractivity contribution in [3.8, 4) is 0 Å². The van der Waals surface area contributed by atoms with Crippen LogP contribution in [0, 0.1) is 22.9 Å². The molecular weight excluding hydrogens is 279 g/mol. The smallest absolute Gasteiger partial charge is 0.251 e. The van der Waals surface area contributed by atoms with Crippen molar-refractivity contribution in [3.63, 3.8) is 0 Å². The monoisotopic (exact) mass is 291 g/mol. The molecule has 1 saturated carbocycles. The second-order valence-electron chi connectivity index (χ2n) is 4.88. The molecule has 0 radical (unpaired) electrons. The van der Waals surface area contributed by atoms with E-state index < -0.39 is 23.4 Å². The number of benzene rings is 1. The van der Waals surface area contributed by atoms with E-state index in [9.17, 15) is 18.0 Å². The van der Waals surface area contributed by atoms with Gasteiger partial charge in [0.05, 0.1) is 0 Å². The van der Waals surface area contributed by atoms with Crippen LogP contribution in [0.1, 0.15) is 29.6 Å². The van der Waals surface area contributed by atoms with E-state index in [1.54, 1.807) is 0 Å². The average molecular weight is 292 g/mol. The molecule has 19 heavy (non-hydrogen) atoms. The molecule has 1 N–H and O–H groups in total. The zero-order valence-corrected chi connectivity index (χ0v) is 10.9. The molecule has 0 spiro atoms. The Bertz CT molecular complexity index is 480. The van der Waals surface area contributed by atoms with Crippen LogP contribution in [-0.4, -0.2) is 18.3 Å². The molecule has 2 nitrogen and oxygen atoms in total. The van der Waals surface area contributed by atoms with Crippen molar-refractivity contribution in [1.29, 1.82) is 0 Å². The summed E-state index contributed by atoms with van der Waals surface area (Å²) in [5.41, 5.74) is -0.202. The van der Waals surface area contributed by atoms with Gasteiger partial charge < -0.3 is 5.32 Å². The number of halogens is 4. The third-order valence-electron chi connectivity index (χ3n) is 3.45. The van der Waals surface area contributed by atoms with E-state index in [4.69, 9.17) is 11.6 Å². The molecule has 0 heterocycles. The van der Waals surface area contributed by atoms with Crippen molar-refractivity contribution in [3.05, 3.63) is 35.1 Å². The number of alkyl halides is 1. The lowest BCUT2D eigenvalue weighted by Crippen LogP contribution is -2.30. The van der Waals surface area contributed by atoms with Crippen molar-refractivity contribution in [2.75, 3.05) is 12.4 Å². The maximum absolute atomic E-state index is 13.0. The zero-order chi connectivity index (χ0) is 14.0. The van der Waals surface area contributed by atoms with E-state index in [0.717, 1.165) is 19.3 Å². The summed E-state index contributed by atoms with van der Waals surface area (Å²) in [4.78, 5) is 11.7. The van der Waals surface area contributed by atoms with Gasteiger partial charge in [-0.15, -0.1) is 11.6 Å². The van der Waals surface area contributed by atoms with Crippen LogP contribution in [0.4, 0.5) is 13.2 Å². The van der Waals surface area contributed by atoms with Crippen LogP contribution in [0.25, 0.3) is 0 Å². The van der Waals surface area contributed by atoms with Gasteiger partial charge >= 0.3 is 0 Å². The molecule has 2 rings (SSSR count). The number of hydrogen-bond donors (Lipinski definition) is 1. The molecule has 1 fully saturated rings. The molecule has 0 aromatic heterocycles. The van der Waals surface area contributed by atoms with Crippen LogP contribution < -0.4 is 5.32 Å². The maximum Gasteiger partial charge on any atom is 0.251 e. The third kappa shape index (κ3) is 3.21. The normalized spacial score (nSPS) is 16.2. The number of nitrogens with one attached hydrogen (secondary N) is 1. The van der Waals surface area contributed by atoms with Crippen LogP contribution in [0.15, 0.2) is 12.1 Å². The molecule has 0 aliphatic heterocycles. The minimum Gasteiger partial charge on any atom is -0.351 e. The summed E-state index contributed by atoms with van der Waals surface area (Å²) in [5.74, 6) is -4.41. The second kappa shape index (κ2) is 5.41. The third-order valence-corrected chi connectivity index (χ3v) is 3.64. The predicted octanol–water partition coefficient (Wildman–Crippen LogP) is 3.24. The molecular formula is C13H13ClF3NO. The van der Waals surface area contributed by atoms with Crippen molar-refractivity contribution < 1.29 is 18.0 Å². The highest BCUT2D eigenvalue weighted by Crippen LogP contribution is 2.48. The fourth-order valence-electron chi connectivity index (χ4n) is 1.95. The van der Waals surface area contributed by atoms with Gasteiger partial charge in [-0.1, -0.05) is 0 Å². The molecule has 0 bridgehead atoms. The Kier molecular flexibility index (Phi) is 4.04.